The minimum Gasteiger partial charge on any atom is -0.462 e. The number of ether oxygens (including phenoxy) is 3. The van der Waals surface area contributed by atoms with E-state index in [1.165, 1.54) is 83.5 Å². The number of rotatable bonds is 49. The predicted molar refractivity (Wildman–Crippen MR) is 279 cm³/mol. The first-order chi connectivity index (χ1) is 33.2. The van der Waals surface area contributed by atoms with Gasteiger partial charge in [-0.25, -0.2) is 4.57 Å². The van der Waals surface area contributed by atoms with E-state index >= 15 is 0 Å². The molecule has 0 saturated heterocycles. The molecular weight excluding hydrogens is 880 g/mol. The molecule has 0 rings (SSSR count). The van der Waals surface area contributed by atoms with Gasteiger partial charge in [0.2, 0.25) is 0 Å². The normalized spacial score (nSPS) is 14.0. The Morgan fingerprint density at radius 2 is 0.824 bits per heavy atom. The molecule has 392 valence electrons. The molecule has 0 aliphatic heterocycles. The molecule has 0 aliphatic rings. The molecule has 0 amide bonds. The Balaban J connectivity index is 4.87. The lowest BCUT2D eigenvalue weighted by molar-refractivity contribution is -0.160. The molecule has 3 unspecified atom stereocenters. The smallest absolute Gasteiger partial charge is 0.462 e. The van der Waals surface area contributed by atoms with Gasteiger partial charge in [-0.2, -0.15) is 0 Å². The fraction of sp³-hybridized carbons (Fsp3) is 0.732. The van der Waals surface area contributed by atoms with E-state index in [4.69, 9.17) is 23.3 Å². The number of aliphatic hydroxyl groups is 1. The van der Waals surface area contributed by atoms with Crippen LogP contribution in [0.3, 0.4) is 0 Å². The molecule has 0 spiro atoms. The maximum Gasteiger partial charge on any atom is 0.472 e. The summed E-state index contributed by atoms with van der Waals surface area (Å²) in [6, 6.07) is 0. The molecular formula is C56H97O11P. The lowest BCUT2D eigenvalue weighted by atomic mass is 10.1. The van der Waals surface area contributed by atoms with Crippen LogP contribution in [0.1, 0.15) is 226 Å². The van der Waals surface area contributed by atoms with Crippen LogP contribution in [0.25, 0.3) is 0 Å². The number of hydrogen-bond acceptors (Lipinski definition) is 10. The van der Waals surface area contributed by atoms with Crippen LogP contribution in [0.15, 0.2) is 72.9 Å². The first kappa shape index (κ1) is 64.9. The van der Waals surface area contributed by atoms with Crippen molar-refractivity contribution in [3.63, 3.8) is 0 Å². The van der Waals surface area contributed by atoms with E-state index in [2.05, 4.69) is 69.4 Å². The van der Waals surface area contributed by atoms with Gasteiger partial charge in [0.1, 0.15) is 12.7 Å². The highest BCUT2D eigenvalue weighted by Gasteiger charge is 2.28. The van der Waals surface area contributed by atoms with E-state index in [1.54, 1.807) is 6.08 Å². The SMILES string of the molecule is CC/C=C\C/C=C\C/C=C\C/C=C\C/C=C\CC(=O)OC(COC(=O)CCCCCCC/C=C\CCCCCCCC)COP(=O)(O)OCC(CO)OC(=O)CCCCCCCCCCCCC. The van der Waals surface area contributed by atoms with Crippen molar-refractivity contribution in [3.8, 4) is 0 Å². The largest absolute Gasteiger partial charge is 0.472 e. The van der Waals surface area contributed by atoms with Gasteiger partial charge in [-0.3, -0.25) is 23.4 Å². The third kappa shape index (κ3) is 48.0. The van der Waals surface area contributed by atoms with E-state index in [-0.39, 0.29) is 25.9 Å². The van der Waals surface area contributed by atoms with Crippen LogP contribution in [0.2, 0.25) is 0 Å². The Kier molecular flexibility index (Phi) is 48.0. The van der Waals surface area contributed by atoms with Gasteiger partial charge in [0.25, 0.3) is 0 Å². The maximum absolute atomic E-state index is 12.8. The number of phosphoric ester groups is 1. The van der Waals surface area contributed by atoms with E-state index in [0.29, 0.717) is 19.3 Å². The maximum atomic E-state index is 12.8. The van der Waals surface area contributed by atoms with Crippen molar-refractivity contribution in [2.75, 3.05) is 26.4 Å². The molecule has 0 fully saturated rings. The van der Waals surface area contributed by atoms with E-state index in [0.717, 1.165) is 83.5 Å². The number of phosphoric acid groups is 1. The van der Waals surface area contributed by atoms with Crippen LogP contribution in [0.4, 0.5) is 0 Å². The zero-order chi connectivity index (χ0) is 49.9. The molecule has 12 heteroatoms. The molecule has 0 radical (unpaired) electrons. The Labute approximate surface area is 414 Å². The summed E-state index contributed by atoms with van der Waals surface area (Å²) in [5.74, 6) is -1.63. The quantitative estimate of drug-likeness (QED) is 0.0197. The molecule has 2 N–H and O–H groups in total. The molecule has 0 bridgehead atoms. The van der Waals surface area contributed by atoms with Gasteiger partial charge in [-0.15, -0.1) is 0 Å². The number of allylic oxidation sites excluding steroid dienone is 11. The zero-order valence-corrected chi connectivity index (χ0v) is 43.9. The topological polar surface area (TPSA) is 155 Å². The van der Waals surface area contributed by atoms with Crippen LogP contribution in [-0.4, -0.2) is 66.5 Å². The highest BCUT2D eigenvalue weighted by molar-refractivity contribution is 7.47. The number of esters is 3. The van der Waals surface area contributed by atoms with Gasteiger partial charge >= 0.3 is 25.7 Å². The van der Waals surface area contributed by atoms with Crippen molar-refractivity contribution in [2.24, 2.45) is 0 Å². The van der Waals surface area contributed by atoms with Gasteiger partial charge < -0.3 is 24.2 Å². The van der Waals surface area contributed by atoms with Gasteiger partial charge in [0, 0.05) is 12.8 Å². The first-order valence-corrected chi connectivity index (χ1v) is 28.3. The molecule has 0 aromatic rings. The molecule has 0 aromatic carbocycles. The summed E-state index contributed by atoms with van der Waals surface area (Å²) in [5.41, 5.74) is 0. The Hall–Kier alpha value is -3.08. The van der Waals surface area contributed by atoms with Crippen molar-refractivity contribution >= 4 is 25.7 Å². The monoisotopic (exact) mass is 977 g/mol. The summed E-state index contributed by atoms with van der Waals surface area (Å²) in [6.45, 7) is 4.39. The molecule has 0 aromatic heterocycles. The summed E-state index contributed by atoms with van der Waals surface area (Å²) in [5, 5.41) is 9.77. The standard InChI is InChI=1S/C56H97O11P/c1-4-7-10-13-16-19-22-24-26-28-31-33-36-39-42-45-54(58)63-49-53(67-56(60)47-44-41-38-35-32-29-27-25-23-20-17-14-11-8-5-2)51-65-68(61,62)64-50-52(48-57)66-55(59)46-43-40-37-34-30-21-18-15-12-9-6-3/h8,11,17,20,24-27,32,35,41,44,52-53,57H,4-7,9-10,12-16,18-19,21-23,28-31,33-34,36-40,42-43,45-51H2,1-3H3,(H,61,62)/b11-8-,20-17-,26-24-,27-25-,35-32-,44-41-. The van der Waals surface area contributed by atoms with Gasteiger partial charge in [0.15, 0.2) is 6.10 Å². The highest BCUT2D eigenvalue weighted by atomic mass is 31.2. The Morgan fingerprint density at radius 1 is 0.441 bits per heavy atom. The van der Waals surface area contributed by atoms with Crippen LogP contribution >= 0.6 is 7.82 Å². The average molecular weight is 977 g/mol. The van der Waals surface area contributed by atoms with Crippen molar-refractivity contribution in [2.45, 2.75) is 238 Å². The average Bonchev–Trinajstić information content (AvgIpc) is 3.32. The molecule has 0 heterocycles. The lowest BCUT2D eigenvalue weighted by Gasteiger charge is -2.21. The number of carbonyl (C=O) groups excluding carboxylic acids is 3. The van der Waals surface area contributed by atoms with Crippen molar-refractivity contribution < 1.29 is 52.2 Å². The van der Waals surface area contributed by atoms with Crippen LogP contribution < -0.4 is 0 Å². The zero-order valence-electron chi connectivity index (χ0n) is 43.1. The van der Waals surface area contributed by atoms with Gasteiger partial charge in [-0.1, -0.05) is 209 Å². The molecule has 11 nitrogen and oxygen atoms in total. The van der Waals surface area contributed by atoms with Crippen molar-refractivity contribution in [3.05, 3.63) is 72.9 Å². The van der Waals surface area contributed by atoms with Gasteiger partial charge in [0.05, 0.1) is 26.2 Å². The second-order valence-electron chi connectivity index (χ2n) is 17.7. The summed E-state index contributed by atoms with van der Waals surface area (Å²) in [7, 11) is -4.77. The summed E-state index contributed by atoms with van der Waals surface area (Å²) < 4.78 is 39.2. The molecule has 3 atom stereocenters. The second-order valence-corrected chi connectivity index (χ2v) is 19.1. The van der Waals surface area contributed by atoms with Crippen LogP contribution in [-0.2, 0) is 42.2 Å². The molecule has 0 saturated carbocycles. The van der Waals surface area contributed by atoms with Crippen molar-refractivity contribution in [1.29, 1.82) is 0 Å². The first-order valence-electron chi connectivity index (χ1n) is 26.8. The number of hydrogen-bond donors (Lipinski definition) is 2. The number of aliphatic hydroxyl groups excluding tert-OH is 1. The Bertz CT molecular complexity index is 1420. The number of unbranched alkanes of at least 4 members (excludes halogenated alkanes) is 21. The minimum atomic E-state index is -4.77. The van der Waals surface area contributed by atoms with Gasteiger partial charge in [-0.05, 0) is 70.6 Å². The van der Waals surface area contributed by atoms with Crippen LogP contribution in [0, 0.1) is 0 Å². The van der Waals surface area contributed by atoms with Crippen LogP contribution in [0.5, 0.6) is 0 Å². The third-order valence-electron chi connectivity index (χ3n) is 11.1. The van der Waals surface area contributed by atoms with E-state index in [9.17, 15) is 28.9 Å². The number of carbonyl (C=O) groups is 3. The summed E-state index contributed by atoms with van der Waals surface area (Å²) in [4.78, 5) is 48.3. The van der Waals surface area contributed by atoms with Crippen molar-refractivity contribution in [1.82, 2.24) is 0 Å². The summed E-state index contributed by atoms with van der Waals surface area (Å²) in [6.07, 6.45) is 54.7. The molecule has 68 heavy (non-hydrogen) atoms. The fourth-order valence-electron chi connectivity index (χ4n) is 7.07. The molecule has 0 aliphatic carbocycles. The highest BCUT2D eigenvalue weighted by Crippen LogP contribution is 2.43. The summed E-state index contributed by atoms with van der Waals surface area (Å²) >= 11 is 0. The lowest BCUT2D eigenvalue weighted by Crippen LogP contribution is -2.30. The Morgan fingerprint density at radius 3 is 1.28 bits per heavy atom. The fourth-order valence-corrected chi connectivity index (χ4v) is 7.86. The minimum absolute atomic E-state index is 0.0666. The van der Waals surface area contributed by atoms with E-state index < -0.39 is 57.8 Å². The second kappa shape index (κ2) is 50.3. The van der Waals surface area contributed by atoms with E-state index in [1.807, 2.05) is 18.2 Å². The third-order valence-corrected chi connectivity index (χ3v) is 12.1. The predicted octanol–water partition coefficient (Wildman–Crippen LogP) is 15.4.